The summed E-state index contributed by atoms with van der Waals surface area (Å²) < 4.78 is 13.0. The molecule has 0 saturated carbocycles. The number of aromatic nitrogens is 4. The van der Waals surface area contributed by atoms with Gasteiger partial charge in [-0.3, -0.25) is 4.79 Å². The summed E-state index contributed by atoms with van der Waals surface area (Å²) in [4.78, 5) is 15.3. The van der Waals surface area contributed by atoms with Gasteiger partial charge in [0.1, 0.15) is 12.4 Å². The number of hydrogen-bond acceptors (Lipinski definition) is 4. The minimum atomic E-state index is -0.329. The van der Waals surface area contributed by atoms with Crippen LogP contribution in [0.15, 0.2) is 48.5 Å². The first-order chi connectivity index (χ1) is 12.5. The molecule has 1 amide bonds. The van der Waals surface area contributed by atoms with Crippen molar-refractivity contribution in [3.63, 3.8) is 0 Å². The van der Waals surface area contributed by atoms with E-state index in [9.17, 15) is 9.18 Å². The second kappa shape index (κ2) is 7.86. The van der Waals surface area contributed by atoms with Crippen molar-refractivity contribution >= 4 is 5.91 Å². The van der Waals surface area contributed by atoms with Crippen LogP contribution in [0.25, 0.3) is 11.4 Å². The smallest absolute Gasteiger partial charge is 0.246 e. The third-order valence-corrected chi connectivity index (χ3v) is 4.11. The molecule has 3 rings (SSSR count). The van der Waals surface area contributed by atoms with Gasteiger partial charge in [0.05, 0.1) is 0 Å². The molecule has 1 heterocycles. The van der Waals surface area contributed by atoms with Crippen LogP contribution in [0.1, 0.15) is 18.1 Å². The summed E-state index contributed by atoms with van der Waals surface area (Å²) >= 11 is 0. The highest BCUT2D eigenvalue weighted by atomic mass is 19.1. The summed E-state index contributed by atoms with van der Waals surface area (Å²) in [6, 6.07) is 14.0. The largest absolute Gasteiger partial charge is 0.340 e. The SMILES string of the molecule is CCc1ccc(CN(C)C(=O)Cn2nnc(-c3ccc(F)cc3)n2)cc1. The molecule has 0 atom stereocenters. The first-order valence-electron chi connectivity index (χ1n) is 8.40. The molecule has 0 bridgehead atoms. The molecule has 134 valence electrons. The first kappa shape index (κ1) is 17.7. The van der Waals surface area contributed by atoms with Gasteiger partial charge in [-0.25, -0.2) is 4.39 Å². The zero-order valence-corrected chi connectivity index (χ0v) is 14.8. The Kier molecular flexibility index (Phi) is 5.36. The molecule has 0 radical (unpaired) electrons. The van der Waals surface area contributed by atoms with E-state index in [1.165, 1.54) is 22.5 Å². The summed E-state index contributed by atoms with van der Waals surface area (Å²) in [5, 5.41) is 12.0. The van der Waals surface area contributed by atoms with Gasteiger partial charge in [-0.2, -0.15) is 4.80 Å². The topological polar surface area (TPSA) is 63.9 Å². The van der Waals surface area contributed by atoms with Crippen molar-refractivity contribution in [1.29, 1.82) is 0 Å². The molecule has 0 aliphatic rings. The van der Waals surface area contributed by atoms with Gasteiger partial charge in [0, 0.05) is 19.2 Å². The average Bonchev–Trinajstić information content (AvgIpc) is 3.11. The highest BCUT2D eigenvalue weighted by molar-refractivity contribution is 5.75. The van der Waals surface area contributed by atoms with Crippen LogP contribution in [-0.4, -0.2) is 38.1 Å². The zero-order valence-electron chi connectivity index (χ0n) is 14.8. The van der Waals surface area contributed by atoms with Crippen LogP contribution in [0.5, 0.6) is 0 Å². The number of carbonyl (C=O) groups is 1. The van der Waals surface area contributed by atoms with E-state index < -0.39 is 0 Å². The molecule has 6 nitrogen and oxygen atoms in total. The fourth-order valence-electron chi connectivity index (χ4n) is 2.51. The fraction of sp³-hybridized carbons (Fsp3) is 0.263. The second-order valence-electron chi connectivity index (χ2n) is 6.07. The number of likely N-dealkylation sites (N-methyl/N-ethyl adjacent to an activating group) is 1. The van der Waals surface area contributed by atoms with Crippen molar-refractivity contribution in [2.24, 2.45) is 0 Å². The maximum absolute atomic E-state index is 13.0. The maximum Gasteiger partial charge on any atom is 0.246 e. The van der Waals surface area contributed by atoms with Crippen LogP contribution in [-0.2, 0) is 24.3 Å². The van der Waals surface area contributed by atoms with Crippen molar-refractivity contribution < 1.29 is 9.18 Å². The Morgan fingerprint density at radius 3 is 2.38 bits per heavy atom. The number of rotatable bonds is 6. The second-order valence-corrected chi connectivity index (χ2v) is 6.07. The summed E-state index contributed by atoms with van der Waals surface area (Å²) in [6.07, 6.45) is 0.989. The Morgan fingerprint density at radius 1 is 1.08 bits per heavy atom. The molecule has 0 N–H and O–H groups in total. The summed E-state index contributed by atoms with van der Waals surface area (Å²) in [5.74, 6) is -0.0897. The van der Waals surface area contributed by atoms with Gasteiger partial charge in [-0.15, -0.1) is 10.2 Å². The molecule has 3 aromatic rings. The molecule has 0 fully saturated rings. The average molecular weight is 353 g/mol. The van der Waals surface area contributed by atoms with Crippen LogP contribution < -0.4 is 0 Å². The van der Waals surface area contributed by atoms with Crippen molar-refractivity contribution in [3.05, 3.63) is 65.5 Å². The monoisotopic (exact) mass is 353 g/mol. The summed E-state index contributed by atoms with van der Waals surface area (Å²) in [5.41, 5.74) is 2.98. The normalized spacial score (nSPS) is 10.7. The molecular formula is C19H20FN5O. The van der Waals surface area contributed by atoms with Gasteiger partial charge in [0.2, 0.25) is 11.7 Å². The molecule has 26 heavy (non-hydrogen) atoms. The third-order valence-electron chi connectivity index (χ3n) is 4.11. The van der Waals surface area contributed by atoms with Crippen LogP contribution in [0.4, 0.5) is 4.39 Å². The van der Waals surface area contributed by atoms with Crippen LogP contribution in [0, 0.1) is 5.82 Å². The van der Waals surface area contributed by atoms with Gasteiger partial charge in [-0.05, 0) is 47.0 Å². The molecule has 0 aliphatic carbocycles. The fourth-order valence-corrected chi connectivity index (χ4v) is 2.51. The number of amides is 1. The van der Waals surface area contributed by atoms with E-state index in [-0.39, 0.29) is 18.3 Å². The highest BCUT2D eigenvalue weighted by Crippen LogP contribution is 2.14. The first-order valence-corrected chi connectivity index (χ1v) is 8.40. The van der Waals surface area contributed by atoms with E-state index in [4.69, 9.17) is 0 Å². The molecule has 1 aromatic heterocycles. The van der Waals surface area contributed by atoms with Crippen molar-refractivity contribution in [3.8, 4) is 11.4 Å². The lowest BCUT2D eigenvalue weighted by Crippen LogP contribution is -2.30. The third kappa shape index (κ3) is 4.30. The van der Waals surface area contributed by atoms with Crippen LogP contribution >= 0.6 is 0 Å². The summed E-state index contributed by atoms with van der Waals surface area (Å²) in [7, 11) is 1.74. The van der Waals surface area contributed by atoms with E-state index in [1.807, 2.05) is 12.1 Å². The zero-order chi connectivity index (χ0) is 18.5. The molecule has 7 heteroatoms. The number of benzene rings is 2. The Morgan fingerprint density at radius 2 is 1.73 bits per heavy atom. The molecular weight excluding hydrogens is 333 g/mol. The van der Waals surface area contributed by atoms with Gasteiger partial charge in [0.25, 0.3) is 0 Å². The Bertz CT molecular complexity index is 874. The molecule has 0 spiro atoms. The predicted octanol–water partition coefficient (Wildman–Crippen LogP) is 2.70. The quantitative estimate of drug-likeness (QED) is 0.683. The Labute approximate surface area is 151 Å². The summed E-state index contributed by atoms with van der Waals surface area (Å²) in [6.45, 7) is 2.62. The number of halogens is 1. The van der Waals surface area contributed by atoms with E-state index >= 15 is 0 Å². The Balaban J connectivity index is 1.61. The van der Waals surface area contributed by atoms with Crippen molar-refractivity contribution in [1.82, 2.24) is 25.1 Å². The lowest BCUT2D eigenvalue weighted by atomic mass is 10.1. The molecule has 2 aromatic carbocycles. The van der Waals surface area contributed by atoms with Crippen molar-refractivity contribution in [2.45, 2.75) is 26.4 Å². The minimum Gasteiger partial charge on any atom is -0.340 e. The van der Waals surface area contributed by atoms with Crippen molar-refractivity contribution in [2.75, 3.05) is 7.05 Å². The lowest BCUT2D eigenvalue weighted by molar-refractivity contribution is -0.131. The minimum absolute atomic E-state index is 0.00224. The van der Waals surface area contributed by atoms with Gasteiger partial charge in [-0.1, -0.05) is 31.2 Å². The number of aryl methyl sites for hydroxylation is 1. The molecule has 0 saturated heterocycles. The standard InChI is InChI=1S/C19H20FN5O/c1-3-14-4-6-15(7-5-14)12-24(2)18(26)13-25-22-19(21-23-25)16-8-10-17(20)11-9-16/h4-11H,3,12-13H2,1-2H3. The van der Waals surface area contributed by atoms with E-state index in [2.05, 4.69) is 34.5 Å². The molecule has 0 aliphatic heterocycles. The highest BCUT2D eigenvalue weighted by Gasteiger charge is 2.13. The number of carbonyl (C=O) groups excluding carboxylic acids is 1. The molecule has 0 unspecified atom stereocenters. The number of nitrogens with zero attached hydrogens (tertiary/aromatic N) is 5. The van der Waals surface area contributed by atoms with Gasteiger partial charge >= 0.3 is 0 Å². The Hall–Kier alpha value is -3.09. The lowest BCUT2D eigenvalue weighted by Gasteiger charge is -2.17. The van der Waals surface area contributed by atoms with E-state index in [1.54, 1.807) is 24.1 Å². The van der Waals surface area contributed by atoms with Gasteiger partial charge < -0.3 is 4.90 Å². The van der Waals surface area contributed by atoms with Gasteiger partial charge in [0.15, 0.2) is 0 Å². The van der Waals surface area contributed by atoms with Crippen LogP contribution in [0.2, 0.25) is 0 Å². The predicted molar refractivity (Wildman–Crippen MR) is 95.5 cm³/mol. The van der Waals surface area contributed by atoms with E-state index in [0.717, 1.165) is 12.0 Å². The number of hydrogen-bond donors (Lipinski definition) is 0. The van der Waals surface area contributed by atoms with E-state index in [0.29, 0.717) is 17.9 Å². The number of tetrazole rings is 1. The maximum atomic E-state index is 13.0. The van der Waals surface area contributed by atoms with Crippen LogP contribution in [0.3, 0.4) is 0 Å².